The maximum absolute atomic E-state index is 12.7. The Morgan fingerprint density at radius 2 is 2.19 bits per heavy atom. The Morgan fingerprint density at radius 1 is 1.42 bits per heavy atom. The van der Waals surface area contributed by atoms with Crippen molar-refractivity contribution in [3.8, 4) is 0 Å². The number of fused-ring (bicyclic) bond motifs is 1. The highest BCUT2D eigenvalue weighted by Gasteiger charge is 2.47. The molecule has 1 amide bonds. The van der Waals surface area contributed by atoms with Gasteiger partial charge >= 0.3 is 6.18 Å². The van der Waals surface area contributed by atoms with Crippen molar-refractivity contribution in [2.24, 2.45) is 5.92 Å². The van der Waals surface area contributed by atoms with Gasteiger partial charge in [-0.1, -0.05) is 6.58 Å². The predicted octanol–water partition coefficient (Wildman–Crippen LogP) is 1.56. The average molecular weight is 370 g/mol. The monoisotopic (exact) mass is 370 g/mol. The second-order valence-electron chi connectivity index (χ2n) is 6.34. The van der Waals surface area contributed by atoms with Gasteiger partial charge in [0.25, 0.3) is 0 Å². The van der Waals surface area contributed by atoms with Crippen molar-refractivity contribution in [1.82, 2.24) is 15.3 Å². The average Bonchev–Trinajstić information content (AvgIpc) is 2.99. The van der Waals surface area contributed by atoms with E-state index in [9.17, 15) is 22.9 Å². The molecular weight excluding hydrogens is 351 g/mol. The van der Waals surface area contributed by atoms with Gasteiger partial charge in [-0.25, -0.2) is 4.98 Å². The molecule has 0 saturated carbocycles. The lowest BCUT2D eigenvalue weighted by Gasteiger charge is -2.40. The quantitative estimate of drug-likeness (QED) is 0.644. The Balaban J connectivity index is 1.80. The Bertz CT molecular complexity index is 707. The van der Waals surface area contributed by atoms with Crippen LogP contribution in [0.15, 0.2) is 31.0 Å². The van der Waals surface area contributed by atoms with E-state index < -0.39 is 11.7 Å². The molecule has 140 valence electrons. The lowest BCUT2D eigenvalue weighted by atomic mass is 10.0. The van der Waals surface area contributed by atoms with Gasteiger partial charge in [0.15, 0.2) is 6.17 Å². The maximum atomic E-state index is 12.7. The molecule has 2 fully saturated rings. The molecule has 1 aromatic rings. The van der Waals surface area contributed by atoms with E-state index in [-0.39, 0.29) is 18.0 Å². The Hall–Kier alpha value is -2.65. The summed E-state index contributed by atoms with van der Waals surface area (Å²) in [5.41, 5.74) is -0.818. The van der Waals surface area contributed by atoms with Crippen molar-refractivity contribution < 1.29 is 22.8 Å². The second-order valence-corrected chi connectivity index (χ2v) is 6.34. The third-order valence-corrected chi connectivity index (χ3v) is 4.59. The number of carbonyl (C=O) groups is 1. The number of aromatic nitrogens is 1. The summed E-state index contributed by atoms with van der Waals surface area (Å²) in [6, 6.07) is 2.30. The smallest absolute Gasteiger partial charge is 0.352 e. The van der Waals surface area contributed by atoms with Crippen LogP contribution in [-0.2, 0) is 11.0 Å². The Labute approximate surface area is 148 Å². The Kier molecular flexibility index (Phi) is 4.84. The standard InChI is InChI=1S/C16H18F3N5O2/c1-2-14(25)21-7-11-9-22(15-5-6-24(26)23(15)10-11)13-4-3-12(8-20-13)16(17,18)19/h2-4,8,11,15H,1,5-7,9-10H2/p+1. The van der Waals surface area contributed by atoms with E-state index in [4.69, 9.17) is 0 Å². The summed E-state index contributed by atoms with van der Waals surface area (Å²) in [5.74, 6) is -0.0106. The van der Waals surface area contributed by atoms with Gasteiger partial charge in [-0.15, -0.1) is 5.01 Å². The predicted molar refractivity (Wildman–Crippen MR) is 86.9 cm³/mol. The van der Waals surface area contributed by atoms with Gasteiger partial charge in [0, 0.05) is 25.2 Å². The molecule has 2 aliphatic heterocycles. The molecule has 0 spiro atoms. The number of hydrogen-bond acceptors (Lipinski definition) is 4. The number of pyridine rings is 1. The van der Waals surface area contributed by atoms with Crippen molar-refractivity contribution in [2.75, 3.05) is 31.1 Å². The molecule has 1 aromatic heterocycles. The fourth-order valence-electron chi connectivity index (χ4n) is 3.32. The largest absolute Gasteiger partial charge is 0.417 e. The number of nitrogens with one attached hydrogen (secondary N) is 1. The number of alkyl halides is 3. The molecule has 1 N–H and O–H groups in total. The lowest BCUT2D eigenvalue weighted by molar-refractivity contribution is -0.692. The summed E-state index contributed by atoms with van der Waals surface area (Å²) in [6.07, 6.45) is -2.17. The van der Waals surface area contributed by atoms with Crippen LogP contribution in [0.4, 0.5) is 19.0 Å². The van der Waals surface area contributed by atoms with Crippen molar-refractivity contribution >= 4 is 11.7 Å². The topological polar surface area (TPSA) is 68.5 Å². The van der Waals surface area contributed by atoms with E-state index in [0.29, 0.717) is 38.4 Å². The molecule has 3 rings (SSSR count). The van der Waals surface area contributed by atoms with Crippen LogP contribution < -0.4 is 10.2 Å². The molecule has 2 saturated heterocycles. The van der Waals surface area contributed by atoms with Crippen LogP contribution in [0.5, 0.6) is 0 Å². The molecular formula is C16H19F3N5O2+. The summed E-state index contributed by atoms with van der Waals surface area (Å²) in [5, 5.41) is 4.33. The van der Waals surface area contributed by atoms with E-state index >= 15 is 0 Å². The number of nitroso groups, excluding NO2 is 1. The van der Waals surface area contributed by atoms with Crippen molar-refractivity contribution in [3.63, 3.8) is 0 Å². The van der Waals surface area contributed by atoms with Gasteiger partial charge in [0.1, 0.15) is 10.7 Å². The molecule has 26 heavy (non-hydrogen) atoms. The van der Waals surface area contributed by atoms with E-state index in [1.54, 1.807) is 5.01 Å². The van der Waals surface area contributed by atoms with Crippen molar-refractivity contribution in [3.05, 3.63) is 41.5 Å². The van der Waals surface area contributed by atoms with Gasteiger partial charge in [-0.2, -0.15) is 13.2 Å². The first-order valence-electron chi connectivity index (χ1n) is 8.21. The van der Waals surface area contributed by atoms with Gasteiger partial charge in [0.05, 0.1) is 23.4 Å². The molecule has 3 heterocycles. The van der Waals surface area contributed by atoms with Crippen LogP contribution in [0.2, 0.25) is 0 Å². The van der Waals surface area contributed by atoms with Crippen LogP contribution in [0.1, 0.15) is 12.0 Å². The number of nitrogens with zero attached hydrogens (tertiary/aromatic N) is 4. The number of hydrazine groups is 1. The first kappa shape index (κ1) is 18.2. The normalized spacial score (nSPS) is 23.0. The van der Waals surface area contributed by atoms with Crippen LogP contribution in [0, 0.1) is 10.8 Å². The zero-order chi connectivity index (χ0) is 18.9. The van der Waals surface area contributed by atoms with Gasteiger partial charge in [-0.05, 0) is 18.2 Å². The summed E-state index contributed by atoms with van der Waals surface area (Å²) in [7, 11) is 0. The fourth-order valence-corrected chi connectivity index (χ4v) is 3.32. The van der Waals surface area contributed by atoms with E-state index in [2.05, 4.69) is 16.9 Å². The molecule has 10 heteroatoms. The number of hydrogen-bond donors (Lipinski definition) is 1. The zero-order valence-electron chi connectivity index (χ0n) is 13.9. The third-order valence-electron chi connectivity index (χ3n) is 4.59. The number of halogens is 3. The molecule has 0 aliphatic carbocycles. The van der Waals surface area contributed by atoms with Crippen molar-refractivity contribution in [1.29, 1.82) is 0 Å². The summed E-state index contributed by atoms with van der Waals surface area (Å²) >= 11 is 0. The summed E-state index contributed by atoms with van der Waals surface area (Å²) in [6.45, 7) is 4.97. The highest BCUT2D eigenvalue weighted by atomic mass is 19.4. The molecule has 0 radical (unpaired) electrons. The number of amides is 1. The minimum atomic E-state index is -4.45. The molecule has 0 aromatic carbocycles. The second kappa shape index (κ2) is 6.93. The third kappa shape index (κ3) is 3.63. The first-order chi connectivity index (χ1) is 12.3. The van der Waals surface area contributed by atoms with Crippen LogP contribution in [0.25, 0.3) is 0 Å². The number of anilines is 1. The lowest BCUT2D eigenvalue weighted by Crippen LogP contribution is -2.58. The van der Waals surface area contributed by atoms with Gasteiger partial charge < -0.3 is 10.2 Å². The molecule has 7 nitrogen and oxygen atoms in total. The highest BCUT2D eigenvalue weighted by Crippen LogP contribution is 2.32. The maximum Gasteiger partial charge on any atom is 0.417 e. The summed E-state index contributed by atoms with van der Waals surface area (Å²) < 4.78 is 38.2. The van der Waals surface area contributed by atoms with Gasteiger partial charge in [-0.3, -0.25) is 4.79 Å². The van der Waals surface area contributed by atoms with Crippen LogP contribution >= 0.6 is 0 Å². The molecule has 2 aliphatic rings. The number of carbonyl (C=O) groups excluding carboxylic acids is 1. The van der Waals surface area contributed by atoms with Crippen molar-refractivity contribution in [2.45, 2.75) is 18.8 Å². The number of rotatable bonds is 4. The highest BCUT2D eigenvalue weighted by molar-refractivity contribution is 5.86. The van der Waals surface area contributed by atoms with Crippen LogP contribution in [0.3, 0.4) is 0 Å². The zero-order valence-corrected chi connectivity index (χ0v) is 13.9. The molecule has 0 bridgehead atoms. The van der Waals surface area contributed by atoms with Gasteiger partial charge in [0.2, 0.25) is 12.5 Å². The van der Waals surface area contributed by atoms with E-state index in [0.717, 1.165) is 23.2 Å². The van der Waals surface area contributed by atoms with E-state index in [1.807, 2.05) is 4.90 Å². The minimum absolute atomic E-state index is 0.0752. The van der Waals surface area contributed by atoms with Crippen LogP contribution in [-0.4, -0.2) is 53.1 Å². The minimum Gasteiger partial charge on any atom is -0.352 e. The fraction of sp³-hybridized carbons (Fsp3) is 0.500. The Morgan fingerprint density at radius 3 is 2.81 bits per heavy atom. The molecule has 2 atom stereocenters. The first-order valence-corrected chi connectivity index (χ1v) is 8.21. The molecule has 2 unspecified atom stereocenters. The summed E-state index contributed by atoms with van der Waals surface area (Å²) in [4.78, 5) is 30.1. The van der Waals surface area contributed by atoms with E-state index in [1.165, 1.54) is 6.07 Å². The SMILES string of the molecule is C=CC(=O)NCC1CN(c2ccc(C(F)(F)F)cn2)C2CC[N+](=O)N2C1.